The van der Waals surface area contributed by atoms with Crippen molar-refractivity contribution in [1.29, 1.82) is 5.26 Å². The molecule has 1 aliphatic rings. The van der Waals surface area contributed by atoms with Crippen LogP contribution < -0.4 is 0 Å². The molecule has 1 aliphatic heterocycles. The molecule has 0 spiro atoms. The van der Waals surface area contributed by atoms with Gasteiger partial charge in [0.05, 0.1) is 5.56 Å². The van der Waals surface area contributed by atoms with E-state index in [0.717, 1.165) is 18.4 Å². The van der Waals surface area contributed by atoms with E-state index in [4.69, 9.17) is 5.26 Å². The van der Waals surface area contributed by atoms with Crippen LogP contribution in [0.25, 0.3) is 0 Å². The number of nitrogens with zero attached hydrogens (tertiary/aromatic N) is 2. The molecule has 2 rings (SSSR count). The van der Waals surface area contributed by atoms with Gasteiger partial charge in [-0.3, -0.25) is 9.69 Å². The first-order valence-electron chi connectivity index (χ1n) is 6.64. The maximum Gasteiger partial charge on any atom is 0.323 e. The molecule has 1 aromatic carbocycles. The molecule has 1 atom stereocenters. The number of carbonyl (C=O) groups is 1. The van der Waals surface area contributed by atoms with E-state index >= 15 is 0 Å². The second kappa shape index (κ2) is 5.59. The zero-order valence-corrected chi connectivity index (χ0v) is 11.4. The van der Waals surface area contributed by atoms with Crippen LogP contribution in [0.5, 0.6) is 0 Å². The summed E-state index contributed by atoms with van der Waals surface area (Å²) in [6, 6.07) is 6.16. The van der Waals surface area contributed by atoms with E-state index in [2.05, 4.69) is 0 Å². The van der Waals surface area contributed by atoms with Gasteiger partial charge in [-0.2, -0.15) is 5.26 Å². The van der Waals surface area contributed by atoms with Gasteiger partial charge in [0.25, 0.3) is 0 Å². The number of nitriles is 1. The largest absolute Gasteiger partial charge is 0.480 e. The van der Waals surface area contributed by atoms with Crippen molar-refractivity contribution in [3.8, 4) is 6.07 Å². The molecule has 1 aromatic rings. The molecule has 0 saturated carbocycles. The van der Waals surface area contributed by atoms with Gasteiger partial charge in [0.15, 0.2) is 0 Å². The van der Waals surface area contributed by atoms with Crippen LogP contribution in [0.2, 0.25) is 0 Å². The van der Waals surface area contributed by atoms with Crippen molar-refractivity contribution in [3.05, 3.63) is 35.1 Å². The molecule has 1 unspecified atom stereocenters. The minimum Gasteiger partial charge on any atom is -0.480 e. The first-order valence-corrected chi connectivity index (χ1v) is 6.64. The third-order valence-corrected chi connectivity index (χ3v) is 4.02. The topological polar surface area (TPSA) is 64.3 Å². The number of carboxylic acid groups (broad SMARTS) is 1. The first-order chi connectivity index (χ1) is 9.47. The molecule has 0 aliphatic carbocycles. The summed E-state index contributed by atoms with van der Waals surface area (Å²) in [7, 11) is 0. The summed E-state index contributed by atoms with van der Waals surface area (Å²) in [4.78, 5) is 13.4. The molecule has 20 heavy (non-hydrogen) atoms. The molecular formula is C15H17FN2O2. The second-order valence-electron chi connectivity index (χ2n) is 5.38. The Morgan fingerprint density at radius 3 is 2.95 bits per heavy atom. The van der Waals surface area contributed by atoms with Crippen LogP contribution in [0.15, 0.2) is 18.2 Å². The fraction of sp³-hybridized carbons (Fsp3) is 0.467. The minimum absolute atomic E-state index is 0.00321. The lowest BCUT2D eigenvalue weighted by Crippen LogP contribution is -2.54. The Hall–Kier alpha value is -1.93. The Labute approximate surface area is 117 Å². The monoisotopic (exact) mass is 276 g/mol. The van der Waals surface area contributed by atoms with Crippen molar-refractivity contribution in [3.63, 3.8) is 0 Å². The van der Waals surface area contributed by atoms with E-state index in [9.17, 15) is 14.3 Å². The summed E-state index contributed by atoms with van der Waals surface area (Å²) in [6.45, 7) is 2.84. The van der Waals surface area contributed by atoms with Crippen LogP contribution in [0.3, 0.4) is 0 Å². The molecule has 0 bridgehead atoms. The van der Waals surface area contributed by atoms with Crippen LogP contribution >= 0.6 is 0 Å². The third kappa shape index (κ3) is 2.66. The maximum absolute atomic E-state index is 13.3. The number of likely N-dealkylation sites (tertiary alicyclic amines) is 1. The van der Waals surface area contributed by atoms with Crippen LogP contribution in [0.4, 0.5) is 4.39 Å². The van der Waals surface area contributed by atoms with Crippen LogP contribution in [-0.2, 0) is 11.3 Å². The van der Waals surface area contributed by atoms with E-state index in [-0.39, 0.29) is 5.56 Å². The molecule has 1 N–H and O–H groups in total. The van der Waals surface area contributed by atoms with Crippen LogP contribution in [0, 0.1) is 17.1 Å². The molecule has 106 valence electrons. The smallest absolute Gasteiger partial charge is 0.323 e. The van der Waals surface area contributed by atoms with Gasteiger partial charge >= 0.3 is 5.97 Å². The Morgan fingerprint density at radius 2 is 2.30 bits per heavy atom. The fourth-order valence-electron chi connectivity index (χ4n) is 2.65. The summed E-state index contributed by atoms with van der Waals surface area (Å²) >= 11 is 0. The number of hydrogen-bond donors (Lipinski definition) is 1. The maximum atomic E-state index is 13.3. The second-order valence-corrected chi connectivity index (χ2v) is 5.38. The van der Waals surface area contributed by atoms with Crippen LogP contribution in [-0.4, -0.2) is 28.1 Å². The molecule has 1 heterocycles. The molecule has 4 nitrogen and oxygen atoms in total. The van der Waals surface area contributed by atoms with Crippen molar-refractivity contribution in [2.45, 2.75) is 38.3 Å². The zero-order valence-electron chi connectivity index (χ0n) is 11.4. The highest BCUT2D eigenvalue weighted by Crippen LogP contribution is 2.30. The quantitative estimate of drug-likeness (QED) is 0.921. The molecular weight excluding hydrogens is 259 g/mol. The number of carboxylic acids is 1. The van der Waals surface area contributed by atoms with E-state index < -0.39 is 17.3 Å². The van der Waals surface area contributed by atoms with Gasteiger partial charge < -0.3 is 5.11 Å². The highest BCUT2D eigenvalue weighted by molar-refractivity contribution is 5.78. The molecule has 0 aromatic heterocycles. The van der Waals surface area contributed by atoms with Crippen molar-refractivity contribution < 1.29 is 14.3 Å². The molecule has 1 saturated heterocycles. The Balaban J connectivity index is 2.24. The predicted octanol–water partition coefficient (Wildman–Crippen LogP) is 2.53. The Kier molecular flexibility index (Phi) is 4.05. The van der Waals surface area contributed by atoms with Crippen molar-refractivity contribution in [2.75, 3.05) is 6.54 Å². The van der Waals surface area contributed by atoms with Gasteiger partial charge in [-0.1, -0.05) is 6.07 Å². The average Bonchev–Trinajstić information content (AvgIpc) is 2.43. The first kappa shape index (κ1) is 14.5. The van der Waals surface area contributed by atoms with E-state index in [1.165, 1.54) is 12.1 Å². The molecule has 0 amide bonds. The van der Waals surface area contributed by atoms with Crippen molar-refractivity contribution in [1.82, 2.24) is 4.90 Å². The van der Waals surface area contributed by atoms with Gasteiger partial charge in [0.2, 0.25) is 0 Å². The molecule has 5 heteroatoms. The number of halogens is 1. The average molecular weight is 276 g/mol. The Morgan fingerprint density at radius 1 is 1.55 bits per heavy atom. The van der Waals surface area contributed by atoms with Gasteiger partial charge in [-0.15, -0.1) is 0 Å². The lowest BCUT2D eigenvalue weighted by atomic mass is 9.88. The minimum atomic E-state index is -0.889. The zero-order chi connectivity index (χ0) is 14.8. The fourth-order valence-corrected chi connectivity index (χ4v) is 2.65. The van der Waals surface area contributed by atoms with Crippen molar-refractivity contribution >= 4 is 5.97 Å². The summed E-state index contributed by atoms with van der Waals surface area (Å²) < 4.78 is 13.3. The Bertz CT molecular complexity index is 567. The number of hydrogen-bond acceptors (Lipinski definition) is 3. The highest BCUT2D eigenvalue weighted by Gasteiger charge is 2.41. The van der Waals surface area contributed by atoms with E-state index in [0.29, 0.717) is 19.5 Å². The van der Waals surface area contributed by atoms with Gasteiger partial charge in [0, 0.05) is 6.54 Å². The number of piperidine rings is 1. The number of benzene rings is 1. The summed E-state index contributed by atoms with van der Waals surface area (Å²) in [5.74, 6) is -1.38. The highest BCUT2D eigenvalue weighted by atomic mass is 19.1. The molecule has 1 fully saturated rings. The van der Waals surface area contributed by atoms with E-state index in [1.54, 1.807) is 19.1 Å². The lowest BCUT2D eigenvalue weighted by Gasteiger charge is -2.41. The van der Waals surface area contributed by atoms with Gasteiger partial charge in [-0.25, -0.2) is 4.39 Å². The normalized spacial score (nSPS) is 23.2. The SMILES string of the molecule is CC1(C(=O)O)CCCCN1Cc1ccc(F)c(C#N)c1. The lowest BCUT2D eigenvalue weighted by molar-refractivity contribution is -0.153. The third-order valence-electron chi connectivity index (χ3n) is 4.02. The summed E-state index contributed by atoms with van der Waals surface area (Å²) in [5, 5.41) is 18.3. The molecule has 0 radical (unpaired) electrons. The van der Waals surface area contributed by atoms with Gasteiger partial charge in [0.1, 0.15) is 17.4 Å². The standard InChI is InChI=1S/C15H17FN2O2/c1-15(14(19)20)6-2-3-7-18(15)10-11-4-5-13(16)12(8-11)9-17/h4-5,8H,2-3,6-7,10H2,1H3,(H,19,20). The van der Waals surface area contributed by atoms with Gasteiger partial charge in [-0.05, 0) is 50.4 Å². The van der Waals surface area contributed by atoms with E-state index in [1.807, 2.05) is 4.90 Å². The van der Waals surface area contributed by atoms with Crippen molar-refractivity contribution in [2.24, 2.45) is 0 Å². The summed E-state index contributed by atoms with van der Waals surface area (Å²) in [6.07, 6.45) is 2.45. The predicted molar refractivity (Wildman–Crippen MR) is 71.4 cm³/mol. The van der Waals surface area contributed by atoms with Crippen LogP contribution in [0.1, 0.15) is 37.3 Å². The number of aliphatic carboxylic acids is 1. The number of rotatable bonds is 3. The summed E-state index contributed by atoms with van der Waals surface area (Å²) in [5.41, 5.74) is -0.131.